The maximum absolute atomic E-state index is 12.4. The molecule has 5 rings (SSSR count). The van der Waals surface area contributed by atoms with Crippen LogP contribution in [-0.4, -0.2) is 25.6 Å². The topological polar surface area (TPSA) is 64.6 Å². The Hall–Kier alpha value is -2.04. The van der Waals surface area contributed by atoms with Gasteiger partial charge in [-0.2, -0.15) is 0 Å². The predicted octanol–water partition coefficient (Wildman–Crippen LogP) is 3.46. The van der Waals surface area contributed by atoms with Gasteiger partial charge >= 0.3 is 5.97 Å². The van der Waals surface area contributed by atoms with Crippen LogP contribution in [-0.2, 0) is 20.9 Å². The lowest BCUT2D eigenvalue weighted by Gasteiger charge is -2.56. The van der Waals surface area contributed by atoms with Crippen LogP contribution in [0.2, 0.25) is 0 Å². The number of hydrogen-bond acceptors (Lipinski definition) is 4. The Kier molecular flexibility index (Phi) is 5.11. The van der Waals surface area contributed by atoms with Gasteiger partial charge in [0.25, 0.3) is 5.91 Å². The van der Waals surface area contributed by atoms with Gasteiger partial charge in [-0.05, 0) is 67.8 Å². The van der Waals surface area contributed by atoms with Crippen molar-refractivity contribution in [2.75, 3.05) is 13.7 Å². The lowest BCUT2D eigenvalue weighted by Crippen LogP contribution is -2.47. The van der Waals surface area contributed by atoms with Crippen molar-refractivity contribution in [3.05, 3.63) is 29.8 Å². The van der Waals surface area contributed by atoms with Crippen LogP contribution in [0.25, 0.3) is 0 Å². The predicted molar refractivity (Wildman–Crippen MR) is 101 cm³/mol. The fourth-order valence-electron chi connectivity index (χ4n) is 6.10. The number of carbonyl (C=O) groups excluding carboxylic acids is 2. The molecule has 0 radical (unpaired) electrons. The SMILES string of the molecule is COc1ccccc1CNC(=O)COC(=O)CC12CC3CC(CC(C3)C1)C2. The van der Waals surface area contributed by atoms with Gasteiger partial charge in [0.2, 0.25) is 0 Å². The fraction of sp³-hybridized carbons (Fsp3) is 0.636. The number of methoxy groups -OCH3 is 1. The van der Waals surface area contributed by atoms with E-state index in [1.807, 2.05) is 24.3 Å². The van der Waals surface area contributed by atoms with Gasteiger partial charge in [-0.3, -0.25) is 9.59 Å². The van der Waals surface area contributed by atoms with Crippen LogP contribution in [0, 0.1) is 23.2 Å². The molecular formula is C22H29NO4. The summed E-state index contributed by atoms with van der Waals surface area (Å²) in [5.41, 5.74) is 1.05. The van der Waals surface area contributed by atoms with Crippen LogP contribution in [0.4, 0.5) is 0 Å². The van der Waals surface area contributed by atoms with Crippen molar-refractivity contribution in [1.29, 1.82) is 0 Å². The number of para-hydroxylation sites is 1. The van der Waals surface area contributed by atoms with Crippen LogP contribution in [0.5, 0.6) is 5.75 Å². The molecule has 0 aromatic heterocycles. The highest BCUT2D eigenvalue weighted by molar-refractivity contribution is 5.80. The molecule has 1 N–H and O–H groups in total. The Morgan fingerprint density at radius 1 is 1.07 bits per heavy atom. The average Bonchev–Trinajstić information content (AvgIpc) is 2.63. The maximum Gasteiger partial charge on any atom is 0.306 e. The normalized spacial score (nSPS) is 30.8. The summed E-state index contributed by atoms with van der Waals surface area (Å²) in [6.45, 7) is 0.149. The first-order chi connectivity index (χ1) is 13.0. The zero-order chi connectivity index (χ0) is 18.9. The van der Waals surface area contributed by atoms with Gasteiger partial charge in [-0.25, -0.2) is 0 Å². The largest absolute Gasteiger partial charge is 0.496 e. The van der Waals surface area contributed by atoms with Crippen LogP contribution >= 0.6 is 0 Å². The number of hydrogen-bond donors (Lipinski definition) is 1. The van der Waals surface area contributed by atoms with Crippen molar-refractivity contribution in [2.24, 2.45) is 23.2 Å². The standard InChI is InChI=1S/C22H29NO4/c1-26-19-5-3-2-4-18(19)13-23-20(24)14-27-21(25)12-22-9-15-6-16(10-22)8-17(7-15)11-22/h2-5,15-17H,6-14H2,1H3,(H,23,24). The summed E-state index contributed by atoms with van der Waals surface area (Å²) in [5, 5.41) is 2.79. The van der Waals surface area contributed by atoms with Crippen molar-refractivity contribution in [3.63, 3.8) is 0 Å². The Labute approximate surface area is 160 Å². The first kappa shape index (κ1) is 18.3. The number of nitrogens with one attached hydrogen (secondary N) is 1. The van der Waals surface area contributed by atoms with Gasteiger partial charge in [0.15, 0.2) is 6.61 Å². The molecule has 146 valence electrons. The van der Waals surface area contributed by atoms with E-state index in [9.17, 15) is 9.59 Å². The van der Waals surface area contributed by atoms with Crippen LogP contribution in [0.3, 0.4) is 0 Å². The molecule has 4 bridgehead atoms. The van der Waals surface area contributed by atoms with E-state index in [0.717, 1.165) is 29.1 Å². The molecule has 0 heterocycles. The molecule has 4 saturated carbocycles. The highest BCUT2D eigenvalue weighted by Crippen LogP contribution is 2.61. The first-order valence-corrected chi connectivity index (χ1v) is 10.1. The lowest BCUT2D eigenvalue weighted by molar-refractivity contribution is -0.155. The summed E-state index contributed by atoms with van der Waals surface area (Å²) in [6.07, 6.45) is 8.09. The Morgan fingerprint density at radius 3 is 2.33 bits per heavy atom. The quantitative estimate of drug-likeness (QED) is 0.746. The monoisotopic (exact) mass is 371 g/mol. The minimum atomic E-state index is -0.278. The van der Waals surface area contributed by atoms with Gasteiger partial charge < -0.3 is 14.8 Å². The molecule has 0 spiro atoms. The van der Waals surface area contributed by atoms with Crippen LogP contribution < -0.4 is 10.1 Å². The maximum atomic E-state index is 12.4. The van der Waals surface area contributed by atoms with E-state index in [1.165, 1.54) is 38.5 Å². The van der Waals surface area contributed by atoms with Crippen molar-refractivity contribution < 1.29 is 19.1 Å². The summed E-state index contributed by atoms with van der Waals surface area (Å²) < 4.78 is 10.6. The second-order valence-corrected chi connectivity index (χ2v) is 8.84. The number of amides is 1. The molecule has 0 aliphatic heterocycles. The molecule has 0 saturated heterocycles. The minimum Gasteiger partial charge on any atom is -0.496 e. The van der Waals surface area contributed by atoms with E-state index >= 15 is 0 Å². The van der Waals surface area contributed by atoms with Crippen molar-refractivity contribution in [2.45, 2.75) is 51.5 Å². The van der Waals surface area contributed by atoms with Gasteiger partial charge in [0.1, 0.15) is 5.75 Å². The summed E-state index contributed by atoms with van der Waals surface area (Å²) in [5.74, 6) is 2.68. The number of benzene rings is 1. The van der Waals surface area contributed by atoms with Crippen molar-refractivity contribution in [3.8, 4) is 5.75 Å². The second-order valence-electron chi connectivity index (χ2n) is 8.84. The van der Waals surface area contributed by atoms with Gasteiger partial charge in [0.05, 0.1) is 13.5 Å². The molecule has 1 aromatic carbocycles. The van der Waals surface area contributed by atoms with E-state index in [1.54, 1.807) is 7.11 Å². The zero-order valence-electron chi connectivity index (χ0n) is 16.0. The molecular weight excluding hydrogens is 342 g/mol. The Balaban J connectivity index is 1.23. The highest BCUT2D eigenvalue weighted by Gasteiger charge is 2.51. The third-order valence-electron chi connectivity index (χ3n) is 6.72. The molecule has 0 atom stereocenters. The molecule has 5 nitrogen and oxygen atoms in total. The molecule has 4 fully saturated rings. The second kappa shape index (κ2) is 7.53. The first-order valence-electron chi connectivity index (χ1n) is 10.1. The molecule has 0 unspecified atom stereocenters. The number of esters is 1. The minimum absolute atomic E-state index is 0.152. The van der Waals surface area contributed by atoms with Crippen molar-refractivity contribution in [1.82, 2.24) is 5.32 Å². The van der Waals surface area contributed by atoms with E-state index in [2.05, 4.69) is 5.32 Å². The average molecular weight is 371 g/mol. The summed E-state index contributed by atoms with van der Waals surface area (Å²) in [7, 11) is 1.60. The third kappa shape index (κ3) is 4.12. The third-order valence-corrected chi connectivity index (χ3v) is 6.72. The summed E-state index contributed by atoms with van der Waals surface area (Å²) in [6, 6.07) is 7.54. The van der Waals surface area contributed by atoms with Gasteiger partial charge in [0, 0.05) is 12.1 Å². The number of carbonyl (C=O) groups is 2. The van der Waals surface area contributed by atoms with E-state index in [-0.39, 0.29) is 23.9 Å². The number of ether oxygens (including phenoxy) is 2. The zero-order valence-corrected chi connectivity index (χ0v) is 16.0. The van der Waals surface area contributed by atoms with Crippen molar-refractivity contribution >= 4 is 11.9 Å². The molecule has 4 aliphatic rings. The molecule has 27 heavy (non-hydrogen) atoms. The molecule has 1 amide bonds. The van der Waals surface area contributed by atoms with Crippen LogP contribution in [0.15, 0.2) is 24.3 Å². The van der Waals surface area contributed by atoms with E-state index < -0.39 is 0 Å². The number of rotatable bonds is 7. The fourth-order valence-corrected chi connectivity index (χ4v) is 6.10. The molecule has 4 aliphatic carbocycles. The van der Waals surface area contributed by atoms with Gasteiger partial charge in [-0.15, -0.1) is 0 Å². The molecule has 5 heteroatoms. The molecule has 1 aromatic rings. The summed E-state index contributed by atoms with van der Waals surface area (Å²) >= 11 is 0. The Bertz CT molecular complexity index is 679. The summed E-state index contributed by atoms with van der Waals surface area (Å²) in [4.78, 5) is 24.4. The smallest absolute Gasteiger partial charge is 0.306 e. The lowest BCUT2D eigenvalue weighted by atomic mass is 9.49. The van der Waals surface area contributed by atoms with Crippen LogP contribution in [0.1, 0.15) is 50.5 Å². The van der Waals surface area contributed by atoms with E-state index in [4.69, 9.17) is 9.47 Å². The van der Waals surface area contributed by atoms with Gasteiger partial charge in [-0.1, -0.05) is 18.2 Å². The highest BCUT2D eigenvalue weighted by atomic mass is 16.5. The van der Waals surface area contributed by atoms with E-state index in [0.29, 0.717) is 13.0 Å². The Morgan fingerprint density at radius 2 is 1.70 bits per heavy atom.